The van der Waals surface area contributed by atoms with Crippen LogP contribution in [0.1, 0.15) is 27.2 Å². The Morgan fingerprint density at radius 2 is 2.31 bits per heavy atom. The lowest BCUT2D eigenvalue weighted by Crippen LogP contribution is -2.44. The van der Waals surface area contributed by atoms with Crippen molar-refractivity contribution in [2.75, 3.05) is 19.7 Å². The molecule has 0 spiro atoms. The van der Waals surface area contributed by atoms with Crippen LogP contribution in [0.5, 0.6) is 0 Å². The zero-order valence-corrected chi connectivity index (χ0v) is 10.5. The molecule has 16 heavy (non-hydrogen) atoms. The van der Waals surface area contributed by atoms with Crippen molar-refractivity contribution >= 4 is 5.96 Å². The molecular weight excluding hydrogens is 204 g/mol. The molecular formula is C11H24N4O. The Kier molecular flexibility index (Phi) is 5.55. The summed E-state index contributed by atoms with van der Waals surface area (Å²) in [6, 6.07) is 0. The number of guanidine groups is 1. The second kappa shape index (κ2) is 6.70. The first kappa shape index (κ1) is 13.3. The van der Waals surface area contributed by atoms with Crippen molar-refractivity contribution in [2.24, 2.45) is 22.7 Å². The molecule has 4 N–H and O–H groups in total. The molecule has 2 atom stereocenters. The second-order valence-electron chi connectivity index (χ2n) is 4.73. The van der Waals surface area contributed by atoms with Crippen LogP contribution in [0.25, 0.3) is 0 Å². The highest BCUT2D eigenvalue weighted by Crippen LogP contribution is 2.19. The average Bonchev–Trinajstić information content (AvgIpc) is 2.64. The summed E-state index contributed by atoms with van der Waals surface area (Å²) in [5.41, 5.74) is 2.59. The fraction of sp³-hybridized carbons (Fsp3) is 0.909. The Bertz CT molecular complexity index is 230. The standard InChI is InChI=1S/C11H24N4O/c1-8(2)6-13-11(15-12)14-7-10-4-5-16-9(10)3/h8-10H,4-7,12H2,1-3H3,(H2,13,14,15). The minimum absolute atomic E-state index is 0.330. The maximum atomic E-state index is 5.50. The molecule has 0 aromatic rings. The van der Waals surface area contributed by atoms with Crippen molar-refractivity contribution in [3.63, 3.8) is 0 Å². The molecule has 0 bridgehead atoms. The average molecular weight is 228 g/mol. The van der Waals surface area contributed by atoms with Crippen LogP contribution in [0.15, 0.2) is 4.99 Å². The number of hydrogen-bond donors (Lipinski definition) is 3. The molecule has 0 aromatic carbocycles. The monoisotopic (exact) mass is 228 g/mol. The van der Waals surface area contributed by atoms with Gasteiger partial charge in [-0.3, -0.25) is 10.4 Å². The molecule has 2 unspecified atom stereocenters. The van der Waals surface area contributed by atoms with E-state index in [4.69, 9.17) is 10.6 Å². The van der Waals surface area contributed by atoms with E-state index < -0.39 is 0 Å². The highest BCUT2D eigenvalue weighted by atomic mass is 16.5. The van der Waals surface area contributed by atoms with Gasteiger partial charge in [0, 0.05) is 25.6 Å². The summed E-state index contributed by atoms with van der Waals surface area (Å²) in [5.74, 6) is 7.17. The van der Waals surface area contributed by atoms with Crippen LogP contribution in [-0.2, 0) is 4.74 Å². The normalized spacial score (nSPS) is 26.2. The van der Waals surface area contributed by atoms with Gasteiger partial charge in [0.05, 0.1) is 6.10 Å². The van der Waals surface area contributed by atoms with Crippen molar-refractivity contribution in [3.05, 3.63) is 0 Å². The van der Waals surface area contributed by atoms with E-state index in [1.165, 1.54) is 0 Å². The number of ether oxygens (including phenoxy) is 1. The first-order chi connectivity index (χ1) is 7.63. The molecule has 1 heterocycles. The SMILES string of the molecule is CC(C)CN=C(NN)NCC1CCOC1C. The summed E-state index contributed by atoms with van der Waals surface area (Å²) in [6.45, 7) is 8.88. The molecule has 0 saturated carbocycles. The minimum Gasteiger partial charge on any atom is -0.378 e. The number of nitrogens with two attached hydrogens (primary N) is 1. The number of nitrogens with one attached hydrogen (secondary N) is 2. The van der Waals surface area contributed by atoms with Crippen LogP contribution in [-0.4, -0.2) is 31.8 Å². The maximum absolute atomic E-state index is 5.50. The van der Waals surface area contributed by atoms with Crippen LogP contribution in [0.2, 0.25) is 0 Å². The summed E-state index contributed by atoms with van der Waals surface area (Å²) < 4.78 is 5.50. The van der Waals surface area contributed by atoms with E-state index in [-0.39, 0.29) is 0 Å². The minimum atomic E-state index is 0.330. The van der Waals surface area contributed by atoms with E-state index in [0.717, 1.165) is 26.1 Å². The van der Waals surface area contributed by atoms with Crippen LogP contribution in [0.4, 0.5) is 0 Å². The predicted octanol–water partition coefficient (Wildman–Crippen LogP) is 0.476. The third kappa shape index (κ3) is 4.37. The molecule has 0 aromatic heterocycles. The lowest BCUT2D eigenvalue weighted by atomic mass is 10.0. The smallest absolute Gasteiger partial charge is 0.205 e. The van der Waals surface area contributed by atoms with Gasteiger partial charge < -0.3 is 10.1 Å². The first-order valence-electron chi connectivity index (χ1n) is 6.00. The van der Waals surface area contributed by atoms with Gasteiger partial charge in [0.15, 0.2) is 0 Å². The molecule has 0 radical (unpaired) electrons. The van der Waals surface area contributed by atoms with Gasteiger partial charge in [0.2, 0.25) is 5.96 Å². The van der Waals surface area contributed by atoms with Crippen molar-refractivity contribution in [3.8, 4) is 0 Å². The fourth-order valence-electron chi connectivity index (χ4n) is 1.70. The molecule has 0 aliphatic carbocycles. The zero-order valence-electron chi connectivity index (χ0n) is 10.5. The van der Waals surface area contributed by atoms with Crippen molar-refractivity contribution in [1.29, 1.82) is 0 Å². The van der Waals surface area contributed by atoms with E-state index in [0.29, 0.717) is 23.9 Å². The van der Waals surface area contributed by atoms with Crippen LogP contribution >= 0.6 is 0 Å². The Balaban J connectivity index is 2.30. The summed E-state index contributed by atoms with van der Waals surface area (Å²) in [4.78, 5) is 4.36. The second-order valence-corrected chi connectivity index (χ2v) is 4.73. The van der Waals surface area contributed by atoms with Gasteiger partial charge in [-0.2, -0.15) is 0 Å². The summed E-state index contributed by atoms with van der Waals surface area (Å²) in [5, 5.41) is 3.23. The van der Waals surface area contributed by atoms with Crippen LogP contribution < -0.4 is 16.6 Å². The molecule has 1 rings (SSSR count). The van der Waals surface area contributed by atoms with Gasteiger partial charge in [-0.1, -0.05) is 13.8 Å². The summed E-state index contributed by atoms with van der Waals surface area (Å²) in [6.07, 6.45) is 1.44. The quantitative estimate of drug-likeness (QED) is 0.283. The van der Waals surface area contributed by atoms with Gasteiger partial charge in [-0.05, 0) is 19.3 Å². The lowest BCUT2D eigenvalue weighted by molar-refractivity contribution is 0.106. The van der Waals surface area contributed by atoms with Crippen LogP contribution in [0.3, 0.4) is 0 Å². The van der Waals surface area contributed by atoms with E-state index in [9.17, 15) is 0 Å². The predicted molar refractivity (Wildman–Crippen MR) is 66.0 cm³/mol. The van der Waals surface area contributed by atoms with Gasteiger partial charge in [0.1, 0.15) is 0 Å². The van der Waals surface area contributed by atoms with Gasteiger partial charge in [0.25, 0.3) is 0 Å². The molecule has 5 heteroatoms. The molecule has 1 fully saturated rings. The Morgan fingerprint density at radius 3 is 2.81 bits per heavy atom. The molecule has 1 aliphatic heterocycles. The van der Waals surface area contributed by atoms with E-state index >= 15 is 0 Å². The van der Waals surface area contributed by atoms with E-state index in [1.807, 2.05) is 0 Å². The van der Waals surface area contributed by atoms with Crippen LogP contribution in [0, 0.1) is 11.8 Å². The number of nitrogens with zero attached hydrogens (tertiary/aromatic N) is 1. The van der Waals surface area contributed by atoms with Gasteiger partial charge in [-0.25, -0.2) is 5.84 Å². The zero-order chi connectivity index (χ0) is 12.0. The maximum Gasteiger partial charge on any atom is 0.205 e. The number of hydrazine groups is 1. The molecule has 5 nitrogen and oxygen atoms in total. The van der Waals surface area contributed by atoms with E-state index in [2.05, 4.69) is 36.5 Å². The summed E-state index contributed by atoms with van der Waals surface area (Å²) >= 11 is 0. The largest absolute Gasteiger partial charge is 0.378 e. The van der Waals surface area contributed by atoms with Crippen molar-refractivity contribution in [1.82, 2.24) is 10.7 Å². The van der Waals surface area contributed by atoms with E-state index in [1.54, 1.807) is 0 Å². The third-order valence-corrected chi connectivity index (χ3v) is 2.82. The van der Waals surface area contributed by atoms with Gasteiger partial charge >= 0.3 is 0 Å². The number of rotatable bonds is 4. The van der Waals surface area contributed by atoms with Crippen molar-refractivity contribution in [2.45, 2.75) is 33.3 Å². The highest BCUT2D eigenvalue weighted by Gasteiger charge is 2.23. The summed E-state index contributed by atoms with van der Waals surface area (Å²) in [7, 11) is 0. The Labute approximate surface area is 97.8 Å². The first-order valence-corrected chi connectivity index (χ1v) is 6.00. The topological polar surface area (TPSA) is 71.7 Å². The molecule has 94 valence electrons. The Hall–Kier alpha value is -0.810. The fourth-order valence-corrected chi connectivity index (χ4v) is 1.70. The lowest BCUT2D eigenvalue weighted by Gasteiger charge is -2.16. The number of aliphatic imine (C=N–C) groups is 1. The molecule has 1 saturated heterocycles. The molecule has 0 amide bonds. The molecule has 1 aliphatic rings. The third-order valence-electron chi connectivity index (χ3n) is 2.82. The highest BCUT2D eigenvalue weighted by molar-refractivity contribution is 5.79. The van der Waals surface area contributed by atoms with Gasteiger partial charge in [-0.15, -0.1) is 0 Å². The Morgan fingerprint density at radius 1 is 1.56 bits per heavy atom. The number of hydrogen-bond acceptors (Lipinski definition) is 3. The van der Waals surface area contributed by atoms with Crippen molar-refractivity contribution < 1.29 is 4.74 Å².